The first-order valence-corrected chi connectivity index (χ1v) is 7.62. The molecule has 118 valence electrons. The van der Waals surface area contributed by atoms with Crippen LogP contribution in [0.4, 0.5) is 4.79 Å². The zero-order chi connectivity index (χ0) is 15.6. The van der Waals surface area contributed by atoms with Gasteiger partial charge in [0.1, 0.15) is 6.10 Å². The van der Waals surface area contributed by atoms with Crippen molar-refractivity contribution < 1.29 is 24.0 Å². The van der Waals surface area contributed by atoms with Crippen LogP contribution in [0.3, 0.4) is 0 Å². The van der Waals surface area contributed by atoms with Crippen molar-refractivity contribution in [3.05, 3.63) is 0 Å². The molecule has 0 bridgehead atoms. The molecule has 2 fully saturated rings. The van der Waals surface area contributed by atoms with E-state index in [2.05, 4.69) is 20.8 Å². The number of ether oxygens (including phenoxy) is 1. The SMILES string of the molecule is CC(C)[C@H]1CC[C@H](C)C[C@@H]1OC(=O)ON1C(=O)CCC1=O. The molecule has 2 rings (SSSR count). The second-order valence-electron chi connectivity index (χ2n) is 6.41. The molecule has 2 amide bonds. The Morgan fingerprint density at radius 2 is 1.81 bits per heavy atom. The first-order chi connectivity index (χ1) is 9.88. The van der Waals surface area contributed by atoms with Crippen molar-refractivity contribution in [2.45, 2.75) is 59.0 Å². The summed E-state index contributed by atoms with van der Waals surface area (Å²) in [7, 11) is 0. The van der Waals surface area contributed by atoms with Crippen LogP contribution >= 0.6 is 0 Å². The number of imide groups is 1. The molecule has 6 nitrogen and oxygen atoms in total. The number of amides is 2. The first-order valence-electron chi connectivity index (χ1n) is 7.62. The van der Waals surface area contributed by atoms with Gasteiger partial charge in [-0.3, -0.25) is 14.4 Å². The molecule has 0 aromatic rings. The average Bonchev–Trinajstić information content (AvgIpc) is 2.70. The highest BCUT2D eigenvalue weighted by molar-refractivity contribution is 6.01. The van der Waals surface area contributed by atoms with Gasteiger partial charge in [-0.1, -0.05) is 32.3 Å². The van der Waals surface area contributed by atoms with Gasteiger partial charge >= 0.3 is 6.16 Å². The maximum absolute atomic E-state index is 11.8. The van der Waals surface area contributed by atoms with Crippen molar-refractivity contribution in [1.29, 1.82) is 0 Å². The summed E-state index contributed by atoms with van der Waals surface area (Å²) in [6.45, 7) is 6.34. The van der Waals surface area contributed by atoms with Crippen LogP contribution in [0.2, 0.25) is 0 Å². The van der Waals surface area contributed by atoms with Crippen molar-refractivity contribution in [1.82, 2.24) is 5.06 Å². The van der Waals surface area contributed by atoms with Gasteiger partial charge in [0.05, 0.1) is 0 Å². The molecule has 0 spiro atoms. The van der Waals surface area contributed by atoms with E-state index in [1.54, 1.807) is 0 Å². The number of carbonyl (C=O) groups excluding carboxylic acids is 3. The summed E-state index contributed by atoms with van der Waals surface area (Å²) >= 11 is 0. The molecule has 1 aliphatic heterocycles. The van der Waals surface area contributed by atoms with Gasteiger partial charge in [0.2, 0.25) is 0 Å². The summed E-state index contributed by atoms with van der Waals surface area (Å²) in [4.78, 5) is 39.4. The third kappa shape index (κ3) is 3.74. The quantitative estimate of drug-likeness (QED) is 0.591. The van der Waals surface area contributed by atoms with Crippen molar-refractivity contribution in [3.63, 3.8) is 0 Å². The normalized spacial score (nSPS) is 29.9. The fourth-order valence-corrected chi connectivity index (χ4v) is 3.13. The van der Waals surface area contributed by atoms with Crippen molar-refractivity contribution in [2.75, 3.05) is 0 Å². The summed E-state index contributed by atoms with van der Waals surface area (Å²) < 4.78 is 5.39. The van der Waals surface area contributed by atoms with Gasteiger partial charge in [-0.25, -0.2) is 4.79 Å². The average molecular weight is 297 g/mol. The van der Waals surface area contributed by atoms with E-state index in [1.165, 1.54) is 0 Å². The first kappa shape index (κ1) is 15.8. The Hall–Kier alpha value is -1.59. The molecule has 0 radical (unpaired) electrons. The minimum Gasteiger partial charge on any atom is -0.429 e. The van der Waals surface area contributed by atoms with E-state index in [0.717, 1.165) is 19.3 Å². The van der Waals surface area contributed by atoms with Crippen LogP contribution in [-0.2, 0) is 19.2 Å². The number of nitrogens with zero attached hydrogens (tertiary/aromatic N) is 1. The summed E-state index contributed by atoms with van der Waals surface area (Å²) in [6.07, 6.45) is 1.93. The number of hydrogen-bond donors (Lipinski definition) is 0. The largest absolute Gasteiger partial charge is 0.534 e. The summed E-state index contributed by atoms with van der Waals surface area (Å²) in [6, 6.07) is 0. The number of rotatable bonds is 3. The molecular weight excluding hydrogens is 274 g/mol. The molecule has 1 saturated heterocycles. The van der Waals surface area contributed by atoms with Crippen LogP contribution in [0.5, 0.6) is 0 Å². The van der Waals surface area contributed by atoms with Gasteiger partial charge in [-0.15, -0.1) is 0 Å². The second kappa shape index (κ2) is 6.45. The molecule has 0 unspecified atom stereocenters. The second-order valence-corrected chi connectivity index (χ2v) is 6.41. The topological polar surface area (TPSA) is 72.9 Å². The summed E-state index contributed by atoms with van der Waals surface area (Å²) in [5, 5.41) is 0.527. The van der Waals surface area contributed by atoms with Crippen molar-refractivity contribution >= 4 is 18.0 Å². The van der Waals surface area contributed by atoms with Gasteiger partial charge in [-0.05, 0) is 30.6 Å². The molecule has 1 saturated carbocycles. The highest BCUT2D eigenvalue weighted by atomic mass is 16.8. The van der Waals surface area contributed by atoms with E-state index in [0.29, 0.717) is 22.8 Å². The fraction of sp³-hybridized carbons (Fsp3) is 0.800. The number of hydrogen-bond acceptors (Lipinski definition) is 5. The summed E-state index contributed by atoms with van der Waals surface area (Å²) in [5.41, 5.74) is 0. The minimum absolute atomic E-state index is 0.0845. The molecule has 1 aliphatic carbocycles. The molecule has 21 heavy (non-hydrogen) atoms. The Kier molecular flexibility index (Phi) is 4.85. The van der Waals surface area contributed by atoms with Gasteiger partial charge in [0.15, 0.2) is 0 Å². The number of carbonyl (C=O) groups is 3. The number of hydroxylamine groups is 2. The predicted molar refractivity (Wildman–Crippen MR) is 73.8 cm³/mol. The molecule has 0 N–H and O–H groups in total. The van der Waals surface area contributed by atoms with Gasteiger partial charge < -0.3 is 4.74 Å². The molecular formula is C15H23NO5. The molecule has 6 heteroatoms. The van der Waals surface area contributed by atoms with Gasteiger partial charge in [-0.2, -0.15) is 0 Å². The van der Waals surface area contributed by atoms with E-state index >= 15 is 0 Å². The summed E-state index contributed by atoms with van der Waals surface area (Å²) in [5.74, 6) is 0.209. The maximum atomic E-state index is 11.8. The smallest absolute Gasteiger partial charge is 0.429 e. The van der Waals surface area contributed by atoms with Crippen LogP contribution in [-0.4, -0.2) is 29.1 Å². The fourth-order valence-electron chi connectivity index (χ4n) is 3.13. The third-order valence-electron chi connectivity index (χ3n) is 4.38. The highest BCUT2D eigenvalue weighted by Gasteiger charge is 2.37. The highest BCUT2D eigenvalue weighted by Crippen LogP contribution is 2.35. The van der Waals surface area contributed by atoms with Crippen LogP contribution in [0.1, 0.15) is 52.9 Å². The van der Waals surface area contributed by atoms with E-state index < -0.39 is 18.0 Å². The molecule has 0 aromatic carbocycles. The van der Waals surface area contributed by atoms with Crippen LogP contribution < -0.4 is 0 Å². The van der Waals surface area contributed by atoms with Crippen molar-refractivity contribution in [2.24, 2.45) is 17.8 Å². The lowest BCUT2D eigenvalue weighted by Gasteiger charge is -2.36. The monoisotopic (exact) mass is 297 g/mol. The Bertz CT molecular complexity index is 418. The zero-order valence-corrected chi connectivity index (χ0v) is 12.8. The van der Waals surface area contributed by atoms with Gasteiger partial charge in [0, 0.05) is 12.8 Å². The van der Waals surface area contributed by atoms with E-state index in [-0.39, 0.29) is 18.9 Å². The van der Waals surface area contributed by atoms with Gasteiger partial charge in [0.25, 0.3) is 11.8 Å². The van der Waals surface area contributed by atoms with Crippen LogP contribution in [0, 0.1) is 17.8 Å². The maximum Gasteiger partial charge on any atom is 0.534 e. The Morgan fingerprint density at radius 3 is 2.38 bits per heavy atom. The van der Waals surface area contributed by atoms with E-state index in [4.69, 9.17) is 9.57 Å². The molecule has 3 atom stereocenters. The lowest BCUT2D eigenvalue weighted by atomic mass is 9.75. The lowest BCUT2D eigenvalue weighted by Crippen LogP contribution is -2.38. The van der Waals surface area contributed by atoms with E-state index in [9.17, 15) is 14.4 Å². The van der Waals surface area contributed by atoms with Crippen LogP contribution in [0.25, 0.3) is 0 Å². The van der Waals surface area contributed by atoms with Crippen molar-refractivity contribution in [3.8, 4) is 0 Å². The Labute approximate surface area is 124 Å². The standard InChI is InChI=1S/C15H23NO5/c1-9(2)11-5-4-10(3)8-12(11)20-15(19)21-16-13(17)6-7-14(16)18/h9-12H,4-8H2,1-3H3/t10-,11+,12-/m0/s1. The van der Waals surface area contributed by atoms with E-state index in [1.807, 2.05) is 0 Å². The molecule has 1 heterocycles. The molecule has 2 aliphatic rings. The lowest BCUT2D eigenvalue weighted by molar-refractivity contribution is -0.180. The predicted octanol–water partition coefficient (Wildman–Crippen LogP) is 2.66. The molecule has 0 aromatic heterocycles. The van der Waals surface area contributed by atoms with Crippen LogP contribution in [0.15, 0.2) is 0 Å². The zero-order valence-electron chi connectivity index (χ0n) is 12.8. The third-order valence-corrected chi connectivity index (χ3v) is 4.38. The Balaban J connectivity index is 1.93. The minimum atomic E-state index is -0.955. The Morgan fingerprint density at radius 1 is 1.19 bits per heavy atom.